The maximum atomic E-state index is 11.1. The number of rotatable bonds is 3. The van der Waals surface area contributed by atoms with Gasteiger partial charge in [0.2, 0.25) is 11.8 Å². The van der Waals surface area contributed by atoms with Crippen LogP contribution >= 0.6 is 10.7 Å². The summed E-state index contributed by atoms with van der Waals surface area (Å²) in [4.78, 5) is 3.84. The molecule has 2 aromatic heterocycles. The van der Waals surface area contributed by atoms with Crippen LogP contribution in [0.25, 0.3) is 0 Å². The van der Waals surface area contributed by atoms with Crippen molar-refractivity contribution in [1.29, 1.82) is 0 Å². The van der Waals surface area contributed by atoms with E-state index in [0.29, 0.717) is 17.6 Å². The molecule has 2 rings (SSSR count). The summed E-state index contributed by atoms with van der Waals surface area (Å²) in [7, 11) is 1.38. The first-order valence-electron chi connectivity index (χ1n) is 4.63. The third kappa shape index (κ3) is 2.64. The Kier molecular flexibility index (Phi) is 2.92. The molecular formula is C8H9ClN4O3S. The van der Waals surface area contributed by atoms with E-state index in [-0.39, 0.29) is 11.6 Å². The standard InChI is InChI=1S/C8H9ClN4O3S/c1-5-10-8(17(9,14)15)4-13(5)3-7-12-11-6(2)16-7/h4H,3H2,1-2H3. The van der Waals surface area contributed by atoms with E-state index in [1.807, 2.05) is 0 Å². The van der Waals surface area contributed by atoms with Crippen LogP contribution in [-0.2, 0) is 15.6 Å². The monoisotopic (exact) mass is 276 g/mol. The number of aromatic nitrogens is 4. The lowest BCUT2D eigenvalue weighted by Crippen LogP contribution is -2.00. The summed E-state index contributed by atoms with van der Waals surface area (Å²) >= 11 is 0. The number of halogens is 1. The van der Waals surface area contributed by atoms with Crippen molar-refractivity contribution in [3.8, 4) is 0 Å². The van der Waals surface area contributed by atoms with Gasteiger partial charge in [-0.15, -0.1) is 10.2 Å². The van der Waals surface area contributed by atoms with Gasteiger partial charge in [-0.25, -0.2) is 13.4 Å². The van der Waals surface area contributed by atoms with Crippen molar-refractivity contribution in [3.05, 3.63) is 23.8 Å². The van der Waals surface area contributed by atoms with Crippen LogP contribution in [0.4, 0.5) is 0 Å². The predicted molar refractivity (Wildman–Crippen MR) is 58.1 cm³/mol. The van der Waals surface area contributed by atoms with Crippen LogP contribution in [0.2, 0.25) is 0 Å². The molecule has 0 bridgehead atoms. The summed E-state index contributed by atoms with van der Waals surface area (Å²) in [6, 6.07) is 0. The summed E-state index contributed by atoms with van der Waals surface area (Å²) in [5.74, 6) is 1.32. The van der Waals surface area contributed by atoms with Gasteiger partial charge in [0.25, 0.3) is 9.05 Å². The van der Waals surface area contributed by atoms with Gasteiger partial charge in [0.1, 0.15) is 12.4 Å². The van der Waals surface area contributed by atoms with Crippen LogP contribution in [0.1, 0.15) is 17.6 Å². The molecule has 0 saturated carbocycles. The second-order valence-electron chi connectivity index (χ2n) is 3.41. The van der Waals surface area contributed by atoms with E-state index in [1.54, 1.807) is 18.4 Å². The molecule has 0 aromatic carbocycles. The Hall–Kier alpha value is -1.41. The van der Waals surface area contributed by atoms with Crippen LogP contribution in [-0.4, -0.2) is 28.2 Å². The Balaban J connectivity index is 2.31. The molecule has 2 heterocycles. The SMILES string of the molecule is Cc1nnc(Cn2cc(S(=O)(=O)Cl)nc2C)o1. The molecular weight excluding hydrogens is 268 g/mol. The van der Waals surface area contributed by atoms with Gasteiger partial charge in [-0.3, -0.25) is 0 Å². The molecule has 0 unspecified atom stereocenters. The van der Waals surface area contributed by atoms with Gasteiger partial charge >= 0.3 is 0 Å². The molecule has 0 radical (unpaired) electrons. The fraction of sp³-hybridized carbons (Fsp3) is 0.375. The first-order chi connectivity index (χ1) is 7.86. The molecule has 9 heteroatoms. The average Bonchev–Trinajstić information content (AvgIpc) is 2.74. The second kappa shape index (κ2) is 4.11. The van der Waals surface area contributed by atoms with E-state index >= 15 is 0 Å². The van der Waals surface area contributed by atoms with Gasteiger partial charge < -0.3 is 8.98 Å². The van der Waals surface area contributed by atoms with Crippen molar-refractivity contribution < 1.29 is 12.8 Å². The summed E-state index contributed by atoms with van der Waals surface area (Å²) < 4.78 is 28.9. The van der Waals surface area contributed by atoms with Crippen LogP contribution in [0.3, 0.4) is 0 Å². The molecule has 0 aliphatic heterocycles. The van der Waals surface area contributed by atoms with E-state index < -0.39 is 9.05 Å². The highest BCUT2D eigenvalue weighted by molar-refractivity contribution is 8.13. The second-order valence-corrected chi connectivity index (χ2v) is 5.92. The van der Waals surface area contributed by atoms with Crippen LogP contribution in [0, 0.1) is 13.8 Å². The molecule has 0 aliphatic rings. The van der Waals surface area contributed by atoms with Gasteiger partial charge in [-0.2, -0.15) is 0 Å². The minimum absolute atomic E-state index is 0.187. The quantitative estimate of drug-likeness (QED) is 0.772. The number of hydrogen-bond acceptors (Lipinski definition) is 6. The minimum atomic E-state index is -3.82. The molecule has 0 amide bonds. The van der Waals surface area contributed by atoms with E-state index in [4.69, 9.17) is 15.1 Å². The maximum Gasteiger partial charge on any atom is 0.280 e. The summed E-state index contributed by atoms with van der Waals surface area (Å²) in [6.45, 7) is 3.59. The first kappa shape index (κ1) is 12.1. The van der Waals surface area contributed by atoms with Crippen molar-refractivity contribution in [1.82, 2.24) is 19.7 Å². The minimum Gasteiger partial charge on any atom is -0.424 e. The lowest BCUT2D eigenvalue weighted by atomic mass is 10.6. The highest BCUT2D eigenvalue weighted by Crippen LogP contribution is 2.15. The normalized spacial score (nSPS) is 11.9. The van der Waals surface area contributed by atoms with Crippen molar-refractivity contribution >= 4 is 19.7 Å². The Bertz CT molecular complexity index is 646. The number of hydrogen-bond donors (Lipinski definition) is 0. The fourth-order valence-electron chi connectivity index (χ4n) is 1.30. The van der Waals surface area contributed by atoms with E-state index in [0.717, 1.165) is 0 Å². The van der Waals surface area contributed by atoms with Gasteiger partial charge in [0.15, 0.2) is 5.03 Å². The third-order valence-electron chi connectivity index (χ3n) is 2.08. The van der Waals surface area contributed by atoms with E-state index in [9.17, 15) is 8.42 Å². The Morgan fingerprint density at radius 3 is 2.59 bits per heavy atom. The fourth-order valence-corrected chi connectivity index (χ4v) is 2.02. The van der Waals surface area contributed by atoms with E-state index in [1.165, 1.54) is 6.20 Å². The van der Waals surface area contributed by atoms with Gasteiger partial charge in [-0.05, 0) is 6.92 Å². The van der Waals surface area contributed by atoms with Crippen molar-refractivity contribution in [2.45, 2.75) is 25.4 Å². The Morgan fingerprint density at radius 1 is 1.41 bits per heavy atom. The van der Waals surface area contributed by atoms with Crippen molar-refractivity contribution in [3.63, 3.8) is 0 Å². The van der Waals surface area contributed by atoms with Crippen molar-refractivity contribution in [2.24, 2.45) is 0 Å². The smallest absolute Gasteiger partial charge is 0.280 e. The zero-order chi connectivity index (χ0) is 12.6. The molecule has 0 fully saturated rings. The Labute approximate surface area is 102 Å². The van der Waals surface area contributed by atoms with Crippen LogP contribution < -0.4 is 0 Å². The third-order valence-corrected chi connectivity index (χ3v) is 3.25. The molecule has 2 aromatic rings. The van der Waals surface area contributed by atoms with Gasteiger partial charge in [0.05, 0.1) is 0 Å². The van der Waals surface area contributed by atoms with Crippen molar-refractivity contribution in [2.75, 3.05) is 0 Å². The van der Waals surface area contributed by atoms with Crippen LogP contribution in [0.5, 0.6) is 0 Å². The predicted octanol–water partition coefficient (Wildman–Crippen LogP) is 0.859. The number of nitrogens with zero attached hydrogens (tertiary/aromatic N) is 4. The first-order valence-corrected chi connectivity index (χ1v) is 6.94. The molecule has 92 valence electrons. The zero-order valence-electron chi connectivity index (χ0n) is 9.08. The Morgan fingerprint density at radius 2 is 2.12 bits per heavy atom. The highest BCUT2D eigenvalue weighted by atomic mass is 35.7. The average molecular weight is 277 g/mol. The van der Waals surface area contributed by atoms with Gasteiger partial charge in [0, 0.05) is 23.8 Å². The molecule has 0 atom stereocenters. The molecule has 7 nitrogen and oxygen atoms in total. The number of imidazole rings is 1. The van der Waals surface area contributed by atoms with Crippen LogP contribution in [0.15, 0.2) is 15.6 Å². The molecule has 17 heavy (non-hydrogen) atoms. The maximum absolute atomic E-state index is 11.1. The topological polar surface area (TPSA) is 90.9 Å². The number of aryl methyl sites for hydroxylation is 2. The molecule has 0 aliphatic carbocycles. The largest absolute Gasteiger partial charge is 0.424 e. The lowest BCUT2D eigenvalue weighted by molar-refractivity contribution is 0.452. The lowest BCUT2D eigenvalue weighted by Gasteiger charge is -1.98. The molecule has 0 spiro atoms. The summed E-state index contributed by atoms with van der Waals surface area (Å²) in [6.07, 6.45) is 1.33. The molecule has 0 N–H and O–H groups in total. The zero-order valence-corrected chi connectivity index (χ0v) is 10.7. The molecule has 0 saturated heterocycles. The highest BCUT2D eigenvalue weighted by Gasteiger charge is 2.17. The summed E-state index contributed by atoms with van der Waals surface area (Å²) in [5.41, 5.74) is 0. The van der Waals surface area contributed by atoms with Gasteiger partial charge in [-0.1, -0.05) is 0 Å². The van der Waals surface area contributed by atoms with E-state index in [2.05, 4.69) is 15.2 Å². The summed E-state index contributed by atoms with van der Waals surface area (Å²) in [5, 5.41) is 7.29.